The lowest BCUT2D eigenvalue weighted by atomic mass is 9.97. The van der Waals surface area contributed by atoms with Crippen LogP contribution in [0.4, 0.5) is 8.78 Å². The number of hydrogen-bond acceptors (Lipinski definition) is 2. The summed E-state index contributed by atoms with van der Waals surface area (Å²) < 4.78 is 26.1. The third kappa shape index (κ3) is 6.26. The number of unbranched alkanes of at least 4 members (excludes halogenated alkanes) is 1. The third-order valence-electron chi connectivity index (χ3n) is 4.94. The molecule has 1 heterocycles. The first-order valence-corrected chi connectivity index (χ1v) is 9.72. The fourth-order valence-electron chi connectivity index (χ4n) is 3.28. The predicted octanol–water partition coefficient (Wildman–Crippen LogP) is 5.50. The summed E-state index contributed by atoms with van der Waals surface area (Å²) in [6, 6.07) is 7.78. The highest BCUT2D eigenvalue weighted by Crippen LogP contribution is 2.27. The van der Waals surface area contributed by atoms with Crippen molar-refractivity contribution in [2.45, 2.75) is 65.7 Å². The Hall–Kier alpha value is -2.04. The summed E-state index contributed by atoms with van der Waals surface area (Å²) in [7, 11) is 0. The summed E-state index contributed by atoms with van der Waals surface area (Å²) in [5, 5.41) is 0. The van der Waals surface area contributed by atoms with Gasteiger partial charge in [-0.1, -0.05) is 37.6 Å². The zero-order chi connectivity index (χ0) is 20.0. The zero-order valence-corrected chi connectivity index (χ0v) is 16.8. The molecule has 0 atom stereocenters. The van der Waals surface area contributed by atoms with Gasteiger partial charge in [-0.3, -0.25) is 9.79 Å². The van der Waals surface area contributed by atoms with E-state index in [9.17, 15) is 13.6 Å². The maximum absolute atomic E-state index is 13.1. The molecular formula is C22H30F2N2O. The monoisotopic (exact) mass is 376 g/mol. The van der Waals surface area contributed by atoms with Crippen LogP contribution >= 0.6 is 0 Å². The fourth-order valence-corrected chi connectivity index (χ4v) is 3.28. The molecule has 0 saturated carbocycles. The van der Waals surface area contributed by atoms with Gasteiger partial charge < -0.3 is 4.90 Å². The minimum Gasteiger partial charge on any atom is -0.337 e. The molecule has 0 unspecified atom stereocenters. The average molecular weight is 376 g/mol. The van der Waals surface area contributed by atoms with Crippen LogP contribution in [0, 0.1) is 0 Å². The lowest BCUT2D eigenvalue weighted by molar-refractivity contribution is -0.124. The van der Waals surface area contributed by atoms with Crippen molar-refractivity contribution in [3.05, 3.63) is 41.1 Å². The van der Waals surface area contributed by atoms with Crippen LogP contribution in [0.15, 0.2) is 35.0 Å². The number of nitrogens with zero attached hydrogens (tertiary/aromatic N) is 2. The number of allylic oxidation sites excluding steroid dienone is 1. The van der Waals surface area contributed by atoms with Crippen molar-refractivity contribution in [2.75, 3.05) is 13.1 Å². The smallest absolute Gasteiger partial charge is 0.267 e. The second kappa shape index (κ2) is 9.25. The molecule has 1 aliphatic rings. The van der Waals surface area contributed by atoms with Gasteiger partial charge in [-0.25, -0.2) is 8.78 Å². The van der Waals surface area contributed by atoms with E-state index in [1.807, 2.05) is 36.1 Å². The summed E-state index contributed by atoms with van der Waals surface area (Å²) in [5.74, 6) is -2.63. The number of carbonyl (C=O) groups excluding carboxylic acids is 1. The average Bonchev–Trinajstić information content (AvgIpc) is 2.61. The second-order valence-electron chi connectivity index (χ2n) is 7.42. The Bertz CT molecular complexity index is 715. The summed E-state index contributed by atoms with van der Waals surface area (Å²) in [6.07, 6.45) is 2.97. The van der Waals surface area contributed by atoms with Gasteiger partial charge in [0.1, 0.15) is 5.71 Å². The molecule has 3 nitrogen and oxygen atoms in total. The van der Waals surface area contributed by atoms with E-state index in [0.717, 1.165) is 55.1 Å². The van der Waals surface area contributed by atoms with E-state index in [2.05, 4.69) is 11.9 Å². The van der Waals surface area contributed by atoms with Crippen molar-refractivity contribution in [3.63, 3.8) is 0 Å². The molecule has 1 aromatic rings. The Morgan fingerprint density at radius 1 is 1.19 bits per heavy atom. The number of halogens is 2. The Kier molecular flexibility index (Phi) is 7.28. The van der Waals surface area contributed by atoms with Crippen LogP contribution in [-0.4, -0.2) is 35.5 Å². The number of amides is 1. The Labute approximate surface area is 161 Å². The SMILES string of the molecule is CCCCN1CC/C(c2ccc(CCC(C)(F)F)cc2)=C(/C)N=C(C)C1=O. The minimum atomic E-state index is -2.64. The topological polar surface area (TPSA) is 32.7 Å². The summed E-state index contributed by atoms with van der Waals surface area (Å²) in [5.41, 5.74) is 4.42. The quantitative estimate of drug-likeness (QED) is 0.618. The van der Waals surface area contributed by atoms with Crippen molar-refractivity contribution in [2.24, 2.45) is 4.99 Å². The van der Waals surface area contributed by atoms with Gasteiger partial charge in [-0.05, 0) is 56.7 Å². The van der Waals surface area contributed by atoms with Crippen LogP contribution in [0.1, 0.15) is 64.5 Å². The van der Waals surface area contributed by atoms with Crippen LogP contribution in [-0.2, 0) is 11.2 Å². The number of rotatable bonds is 7. The van der Waals surface area contributed by atoms with E-state index < -0.39 is 5.92 Å². The van der Waals surface area contributed by atoms with Crippen molar-refractivity contribution < 1.29 is 13.6 Å². The van der Waals surface area contributed by atoms with Crippen LogP contribution in [0.2, 0.25) is 0 Å². The first kappa shape index (κ1) is 21.3. The van der Waals surface area contributed by atoms with Crippen LogP contribution < -0.4 is 0 Å². The molecule has 5 heteroatoms. The first-order valence-electron chi connectivity index (χ1n) is 9.72. The number of alkyl halides is 2. The maximum atomic E-state index is 13.1. The molecule has 2 rings (SSSR count). The van der Waals surface area contributed by atoms with Gasteiger partial charge in [0, 0.05) is 25.2 Å². The Morgan fingerprint density at radius 2 is 1.85 bits per heavy atom. The molecule has 148 valence electrons. The fraction of sp³-hybridized carbons (Fsp3) is 0.545. The Morgan fingerprint density at radius 3 is 2.44 bits per heavy atom. The van der Waals surface area contributed by atoms with Crippen LogP contribution in [0.25, 0.3) is 5.57 Å². The predicted molar refractivity (Wildman–Crippen MR) is 107 cm³/mol. The molecule has 0 N–H and O–H groups in total. The standard InChI is InChI=1S/C22H30F2N2O/c1-5-6-14-26-15-12-20(16(2)25-17(3)21(26)27)19-9-7-18(8-10-19)11-13-22(4,23)24/h7-10H,5-6,11-15H2,1-4H3/b20-16+,25-17?. The highest BCUT2D eigenvalue weighted by atomic mass is 19.3. The van der Waals surface area contributed by atoms with Crippen LogP contribution in [0.3, 0.4) is 0 Å². The Balaban J connectivity index is 2.20. The molecule has 0 bridgehead atoms. The van der Waals surface area contributed by atoms with Gasteiger partial charge in [0.2, 0.25) is 5.92 Å². The van der Waals surface area contributed by atoms with E-state index >= 15 is 0 Å². The molecule has 0 saturated heterocycles. The van der Waals surface area contributed by atoms with E-state index in [-0.39, 0.29) is 12.3 Å². The highest BCUT2D eigenvalue weighted by molar-refractivity contribution is 6.38. The molecule has 1 aliphatic heterocycles. The summed E-state index contributed by atoms with van der Waals surface area (Å²) in [6.45, 7) is 8.18. The van der Waals surface area contributed by atoms with Crippen molar-refractivity contribution in [1.29, 1.82) is 0 Å². The van der Waals surface area contributed by atoms with Gasteiger partial charge in [0.25, 0.3) is 5.91 Å². The van der Waals surface area contributed by atoms with Crippen LogP contribution in [0.5, 0.6) is 0 Å². The molecule has 0 fully saturated rings. The first-order chi connectivity index (χ1) is 12.7. The van der Waals surface area contributed by atoms with E-state index in [1.54, 1.807) is 6.92 Å². The molecular weight excluding hydrogens is 346 g/mol. The van der Waals surface area contributed by atoms with E-state index in [4.69, 9.17) is 0 Å². The number of benzene rings is 1. The van der Waals surface area contributed by atoms with Gasteiger partial charge in [-0.2, -0.15) is 0 Å². The second-order valence-corrected chi connectivity index (χ2v) is 7.42. The molecule has 0 radical (unpaired) electrons. The molecule has 0 spiro atoms. The molecule has 1 amide bonds. The van der Waals surface area contributed by atoms with Gasteiger partial charge >= 0.3 is 0 Å². The van der Waals surface area contributed by atoms with E-state index in [0.29, 0.717) is 18.7 Å². The largest absolute Gasteiger partial charge is 0.337 e. The number of aryl methyl sites for hydroxylation is 1. The molecule has 1 aromatic carbocycles. The maximum Gasteiger partial charge on any atom is 0.267 e. The van der Waals surface area contributed by atoms with Crippen molar-refractivity contribution in [1.82, 2.24) is 4.90 Å². The molecule has 0 aliphatic carbocycles. The number of aliphatic imine (C=N–C) groups is 1. The third-order valence-corrected chi connectivity index (χ3v) is 4.94. The normalized spacial score (nSPS) is 19.0. The lowest BCUT2D eigenvalue weighted by Gasteiger charge is -2.26. The highest BCUT2D eigenvalue weighted by Gasteiger charge is 2.22. The van der Waals surface area contributed by atoms with Gasteiger partial charge in [0.15, 0.2) is 0 Å². The summed E-state index contributed by atoms with van der Waals surface area (Å²) >= 11 is 0. The number of hydrogen-bond donors (Lipinski definition) is 0. The van der Waals surface area contributed by atoms with Gasteiger partial charge in [0.05, 0.1) is 0 Å². The molecule has 0 aromatic heterocycles. The minimum absolute atomic E-state index is 0.0118. The number of carbonyl (C=O) groups is 1. The van der Waals surface area contributed by atoms with Crippen molar-refractivity contribution >= 4 is 17.2 Å². The zero-order valence-electron chi connectivity index (χ0n) is 16.8. The van der Waals surface area contributed by atoms with E-state index in [1.165, 1.54) is 0 Å². The molecule has 27 heavy (non-hydrogen) atoms. The van der Waals surface area contributed by atoms with Gasteiger partial charge in [-0.15, -0.1) is 0 Å². The summed E-state index contributed by atoms with van der Waals surface area (Å²) in [4.78, 5) is 18.9. The lowest BCUT2D eigenvalue weighted by Crippen LogP contribution is -2.38. The van der Waals surface area contributed by atoms with Crippen molar-refractivity contribution in [3.8, 4) is 0 Å².